The number of nitrogen functional groups attached to an aromatic ring is 1. The maximum atomic E-state index is 12.0. The molecular formula is C33H39N9O. The normalized spacial score (nSPS) is 19.6. The van der Waals surface area contributed by atoms with E-state index in [4.69, 9.17) is 15.7 Å². The zero-order valence-electron chi connectivity index (χ0n) is 24.7. The first-order valence-corrected chi connectivity index (χ1v) is 15.3. The van der Waals surface area contributed by atoms with Gasteiger partial charge in [0, 0.05) is 63.2 Å². The third kappa shape index (κ3) is 5.25. The molecule has 3 N–H and O–H groups in total. The zero-order chi connectivity index (χ0) is 29.5. The molecule has 0 radical (unpaired) electrons. The van der Waals surface area contributed by atoms with E-state index in [1.54, 1.807) is 6.20 Å². The summed E-state index contributed by atoms with van der Waals surface area (Å²) in [6.45, 7) is 9.11. The Labute approximate surface area is 252 Å². The van der Waals surface area contributed by atoms with Crippen molar-refractivity contribution in [1.29, 1.82) is 0 Å². The molecular weight excluding hydrogens is 538 g/mol. The van der Waals surface area contributed by atoms with Crippen LogP contribution in [-0.2, 0) is 11.2 Å². The Kier molecular flexibility index (Phi) is 7.32. The number of nitrogens with one attached hydrogen (secondary N) is 1. The smallest absolute Gasteiger partial charge is 0.245 e. The fourth-order valence-electron chi connectivity index (χ4n) is 6.79. The number of benzene rings is 1. The molecule has 0 spiro atoms. The van der Waals surface area contributed by atoms with Crippen LogP contribution in [0.2, 0.25) is 0 Å². The molecule has 2 saturated heterocycles. The van der Waals surface area contributed by atoms with Crippen LogP contribution >= 0.6 is 0 Å². The number of hydrogen-bond donors (Lipinski definition) is 2. The van der Waals surface area contributed by atoms with E-state index in [1.807, 2.05) is 17.0 Å². The van der Waals surface area contributed by atoms with Gasteiger partial charge < -0.3 is 25.8 Å². The summed E-state index contributed by atoms with van der Waals surface area (Å²) in [5, 5.41) is 3.90. The lowest BCUT2D eigenvalue weighted by Crippen LogP contribution is -2.45. The van der Waals surface area contributed by atoms with E-state index in [9.17, 15) is 4.79 Å². The molecule has 10 nitrogen and oxygen atoms in total. The Morgan fingerprint density at radius 3 is 2.60 bits per heavy atom. The van der Waals surface area contributed by atoms with E-state index in [2.05, 4.69) is 68.6 Å². The molecule has 1 aliphatic carbocycles. The Morgan fingerprint density at radius 2 is 1.84 bits per heavy atom. The van der Waals surface area contributed by atoms with Gasteiger partial charge in [-0.1, -0.05) is 12.6 Å². The summed E-state index contributed by atoms with van der Waals surface area (Å²) in [5.74, 6) is 2.20. The van der Waals surface area contributed by atoms with Gasteiger partial charge in [0.05, 0.1) is 5.56 Å². The number of fused-ring (bicyclic) bond motifs is 2. The molecule has 2 fully saturated rings. The quantitative estimate of drug-likeness (QED) is 0.335. The van der Waals surface area contributed by atoms with Crippen LogP contribution in [0.3, 0.4) is 0 Å². The highest BCUT2D eigenvalue weighted by atomic mass is 16.2. The molecule has 1 atom stereocenters. The number of aromatic nitrogens is 4. The average molecular weight is 578 g/mol. The van der Waals surface area contributed by atoms with Crippen molar-refractivity contribution < 1.29 is 4.79 Å². The number of pyridine rings is 2. The van der Waals surface area contributed by atoms with Crippen LogP contribution in [0, 0.1) is 0 Å². The number of hydrogen-bond acceptors (Lipinski definition) is 8. The second-order valence-electron chi connectivity index (χ2n) is 12.0. The molecule has 7 rings (SSSR count). The third-order valence-electron chi connectivity index (χ3n) is 9.28. The number of likely N-dealkylation sites (tertiary alicyclic amines) is 1. The van der Waals surface area contributed by atoms with Crippen molar-refractivity contribution in [2.45, 2.75) is 37.8 Å². The van der Waals surface area contributed by atoms with Gasteiger partial charge in [0.15, 0.2) is 11.5 Å². The molecule has 0 saturated carbocycles. The highest BCUT2D eigenvalue weighted by molar-refractivity contribution is 5.87. The second kappa shape index (κ2) is 11.4. The molecule has 43 heavy (non-hydrogen) atoms. The summed E-state index contributed by atoms with van der Waals surface area (Å²) in [6.07, 6.45) is 7.11. The Hall–Kier alpha value is -4.28. The van der Waals surface area contributed by atoms with Crippen LogP contribution in [0.5, 0.6) is 0 Å². The number of carbonyl (C=O) groups is 1. The second-order valence-corrected chi connectivity index (χ2v) is 12.0. The minimum absolute atomic E-state index is 0.0294. The summed E-state index contributed by atoms with van der Waals surface area (Å²) in [6, 6.07) is 15.5. The van der Waals surface area contributed by atoms with Crippen LogP contribution in [0.15, 0.2) is 61.3 Å². The average Bonchev–Trinajstić information content (AvgIpc) is 3.62. The van der Waals surface area contributed by atoms with Crippen LogP contribution in [0.1, 0.15) is 36.4 Å². The van der Waals surface area contributed by atoms with Gasteiger partial charge in [-0.15, -0.1) is 0 Å². The number of nitrogens with zero attached hydrogens (tertiary/aromatic N) is 7. The number of rotatable bonds is 6. The van der Waals surface area contributed by atoms with Crippen molar-refractivity contribution >= 4 is 28.7 Å². The molecule has 0 bridgehead atoms. The number of carbonyl (C=O) groups excluding carboxylic acids is 1. The number of amides is 1. The minimum atomic E-state index is 0.0294. The standard InChI is InChI=1S/C33H39N9O/c1-3-30(43)41-15-12-23(13-16-41)36-27-9-6-22-21-24(7-8-25(22)27)42-32(26-5-4-14-35-31(26)34)37-28-10-11-29(38-33(28)42)40-19-17-39(2)18-20-40/h3-5,7-8,10-11,14,21,23,27,36H,1,6,9,12-13,15-20H2,2H3,(H2,34,35). The first kappa shape index (κ1) is 27.5. The number of piperidine rings is 1. The van der Waals surface area contributed by atoms with Gasteiger partial charge in [0.2, 0.25) is 5.91 Å². The zero-order valence-corrected chi connectivity index (χ0v) is 24.7. The van der Waals surface area contributed by atoms with E-state index in [1.165, 1.54) is 17.2 Å². The highest BCUT2D eigenvalue weighted by Gasteiger charge is 2.29. The SMILES string of the molecule is C=CC(=O)N1CCC(NC2CCc3cc(-n4c(-c5cccnc5N)nc5ccc(N6CCN(C)CC6)nc54)ccc32)CC1. The van der Waals surface area contributed by atoms with E-state index in [0.29, 0.717) is 17.9 Å². The Balaban J connectivity index is 1.21. The van der Waals surface area contributed by atoms with Gasteiger partial charge in [-0.3, -0.25) is 9.36 Å². The number of nitrogens with two attached hydrogens (primary N) is 1. The van der Waals surface area contributed by atoms with Gasteiger partial charge >= 0.3 is 0 Å². The highest BCUT2D eigenvalue weighted by Crippen LogP contribution is 2.37. The molecule has 5 heterocycles. The maximum absolute atomic E-state index is 12.0. The van der Waals surface area contributed by atoms with Crippen molar-refractivity contribution in [2.24, 2.45) is 0 Å². The lowest BCUT2D eigenvalue weighted by atomic mass is 10.0. The van der Waals surface area contributed by atoms with E-state index in [-0.39, 0.29) is 5.91 Å². The van der Waals surface area contributed by atoms with Crippen LogP contribution in [0.25, 0.3) is 28.2 Å². The van der Waals surface area contributed by atoms with Gasteiger partial charge in [-0.05, 0) is 86.3 Å². The van der Waals surface area contributed by atoms with Crippen molar-refractivity contribution in [3.63, 3.8) is 0 Å². The number of anilines is 2. The van der Waals surface area contributed by atoms with Crippen LogP contribution in [0.4, 0.5) is 11.6 Å². The molecule has 3 aromatic heterocycles. The molecule has 3 aliphatic rings. The third-order valence-corrected chi connectivity index (χ3v) is 9.28. The fraction of sp³-hybridized carbons (Fsp3) is 0.394. The molecule has 10 heteroatoms. The van der Waals surface area contributed by atoms with Crippen molar-refractivity contribution in [3.8, 4) is 17.1 Å². The molecule has 1 amide bonds. The maximum Gasteiger partial charge on any atom is 0.245 e. The van der Waals surface area contributed by atoms with Gasteiger partial charge in [-0.25, -0.2) is 15.0 Å². The van der Waals surface area contributed by atoms with E-state index < -0.39 is 0 Å². The predicted octanol–water partition coefficient (Wildman–Crippen LogP) is 3.57. The topological polar surface area (TPSA) is 108 Å². The number of imidazole rings is 1. The summed E-state index contributed by atoms with van der Waals surface area (Å²) < 4.78 is 2.15. The Morgan fingerprint density at radius 1 is 1.02 bits per heavy atom. The number of aryl methyl sites for hydroxylation is 1. The molecule has 4 aromatic rings. The molecule has 2 aliphatic heterocycles. The monoisotopic (exact) mass is 577 g/mol. The summed E-state index contributed by atoms with van der Waals surface area (Å²) in [5.41, 5.74) is 12.6. The molecule has 1 aromatic carbocycles. The van der Waals surface area contributed by atoms with Crippen LogP contribution < -0.4 is 16.0 Å². The van der Waals surface area contributed by atoms with Gasteiger partial charge in [-0.2, -0.15) is 0 Å². The van der Waals surface area contributed by atoms with Gasteiger partial charge in [0.1, 0.15) is 17.2 Å². The van der Waals surface area contributed by atoms with E-state index in [0.717, 1.165) is 99.0 Å². The van der Waals surface area contributed by atoms with Gasteiger partial charge in [0.25, 0.3) is 0 Å². The summed E-state index contributed by atoms with van der Waals surface area (Å²) >= 11 is 0. The van der Waals surface area contributed by atoms with E-state index >= 15 is 0 Å². The van der Waals surface area contributed by atoms with Crippen molar-refractivity contribution in [2.75, 3.05) is 56.9 Å². The first-order valence-electron chi connectivity index (χ1n) is 15.3. The summed E-state index contributed by atoms with van der Waals surface area (Å²) in [7, 11) is 2.16. The lowest BCUT2D eigenvalue weighted by molar-refractivity contribution is -0.127. The largest absolute Gasteiger partial charge is 0.383 e. The van der Waals surface area contributed by atoms with Crippen molar-refractivity contribution in [1.82, 2.24) is 34.6 Å². The molecule has 1 unspecified atom stereocenters. The number of piperazine rings is 1. The Bertz CT molecular complexity index is 1660. The fourth-order valence-corrected chi connectivity index (χ4v) is 6.79. The molecule has 222 valence electrons. The summed E-state index contributed by atoms with van der Waals surface area (Å²) in [4.78, 5) is 33.2. The number of likely N-dealkylation sites (N-methyl/N-ethyl adjacent to an activating group) is 1. The minimum Gasteiger partial charge on any atom is -0.383 e. The first-order chi connectivity index (χ1) is 21.0. The predicted molar refractivity (Wildman–Crippen MR) is 170 cm³/mol. The van der Waals surface area contributed by atoms with Crippen LogP contribution in [-0.4, -0.2) is 87.6 Å². The lowest BCUT2D eigenvalue weighted by Gasteiger charge is -2.33. The van der Waals surface area contributed by atoms with Crippen molar-refractivity contribution in [3.05, 3.63) is 72.4 Å².